The summed E-state index contributed by atoms with van der Waals surface area (Å²) in [5.41, 5.74) is 0.441. The average Bonchev–Trinajstić information content (AvgIpc) is 2.89. The van der Waals surface area contributed by atoms with Crippen molar-refractivity contribution in [1.82, 2.24) is 10.2 Å². The molecule has 0 aromatic carbocycles. The molecule has 0 aromatic heterocycles. The lowest BCUT2D eigenvalue weighted by Crippen LogP contribution is -2.46. The summed E-state index contributed by atoms with van der Waals surface area (Å²) in [4.78, 5) is 2.80. The van der Waals surface area contributed by atoms with Gasteiger partial charge in [0.2, 0.25) is 0 Å². The summed E-state index contributed by atoms with van der Waals surface area (Å²) in [6.07, 6.45) is 5.93. The first-order valence-electron chi connectivity index (χ1n) is 7.13. The van der Waals surface area contributed by atoms with E-state index in [0.29, 0.717) is 5.54 Å². The van der Waals surface area contributed by atoms with Crippen LogP contribution in [-0.2, 0) is 0 Å². The second-order valence-electron chi connectivity index (χ2n) is 6.73. The highest BCUT2D eigenvalue weighted by Gasteiger charge is 2.49. The second kappa shape index (κ2) is 3.99. The summed E-state index contributed by atoms with van der Waals surface area (Å²) in [7, 11) is 0. The Morgan fingerprint density at radius 3 is 2.62 bits per heavy atom. The van der Waals surface area contributed by atoms with Crippen molar-refractivity contribution in [3.05, 3.63) is 0 Å². The lowest BCUT2D eigenvalue weighted by molar-refractivity contribution is 0.119. The number of hydrogen-bond acceptors (Lipinski definition) is 2. The molecular formula is C14H26N2. The molecule has 2 aliphatic heterocycles. The Balaban J connectivity index is 1.67. The minimum absolute atomic E-state index is 0.441. The van der Waals surface area contributed by atoms with Gasteiger partial charge in [0.05, 0.1) is 0 Å². The number of likely N-dealkylation sites (tertiary alicyclic amines) is 1. The molecule has 0 amide bonds. The molecule has 2 heteroatoms. The van der Waals surface area contributed by atoms with Crippen molar-refractivity contribution in [2.45, 2.75) is 45.1 Å². The topological polar surface area (TPSA) is 15.3 Å². The fraction of sp³-hybridized carbons (Fsp3) is 1.00. The van der Waals surface area contributed by atoms with E-state index in [9.17, 15) is 0 Å². The molecule has 1 saturated carbocycles. The molecule has 2 atom stereocenters. The van der Waals surface area contributed by atoms with Crippen LogP contribution in [0.4, 0.5) is 0 Å². The Hall–Kier alpha value is -0.0800. The third kappa shape index (κ3) is 1.70. The molecule has 2 heterocycles. The lowest BCUT2D eigenvalue weighted by Gasteiger charge is -2.37. The maximum atomic E-state index is 3.57. The summed E-state index contributed by atoms with van der Waals surface area (Å²) in [5, 5.41) is 3.57. The molecule has 16 heavy (non-hydrogen) atoms. The molecule has 3 fully saturated rings. The van der Waals surface area contributed by atoms with Gasteiger partial charge in [-0.2, -0.15) is 0 Å². The van der Waals surface area contributed by atoms with Crippen molar-refractivity contribution in [2.75, 3.05) is 26.2 Å². The Kier molecular flexibility index (Phi) is 2.75. The van der Waals surface area contributed by atoms with Crippen LogP contribution < -0.4 is 5.32 Å². The highest BCUT2D eigenvalue weighted by molar-refractivity contribution is 5.04. The van der Waals surface area contributed by atoms with E-state index in [2.05, 4.69) is 24.1 Å². The number of fused-ring (bicyclic) bond motifs is 1. The number of nitrogens with one attached hydrogen (secondary N) is 1. The monoisotopic (exact) mass is 222 g/mol. The van der Waals surface area contributed by atoms with E-state index in [0.717, 1.165) is 17.8 Å². The zero-order valence-electron chi connectivity index (χ0n) is 10.8. The van der Waals surface area contributed by atoms with Crippen LogP contribution in [0.15, 0.2) is 0 Å². The van der Waals surface area contributed by atoms with Gasteiger partial charge in [0.15, 0.2) is 0 Å². The summed E-state index contributed by atoms with van der Waals surface area (Å²) >= 11 is 0. The van der Waals surface area contributed by atoms with Crippen LogP contribution in [-0.4, -0.2) is 36.6 Å². The average molecular weight is 222 g/mol. The largest absolute Gasteiger partial charge is 0.316 e. The van der Waals surface area contributed by atoms with Gasteiger partial charge in [-0.25, -0.2) is 0 Å². The highest BCUT2D eigenvalue weighted by atomic mass is 15.2. The summed E-state index contributed by atoms with van der Waals surface area (Å²) < 4.78 is 0. The van der Waals surface area contributed by atoms with Gasteiger partial charge < -0.3 is 5.32 Å². The van der Waals surface area contributed by atoms with Gasteiger partial charge in [0.1, 0.15) is 0 Å². The van der Waals surface area contributed by atoms with Crippen molar-refractivity contribution in [1.29, 1.82) is 0 Å². The molecular weight excluding hydrogens is 196 g/mol. The normalized spacial score (nSPS) is 39.4. The van der Waals surface area contributed by atoms with Gasteiger partial charge in [-0.1, -0.05) is 12.8 Å². The molecule has 0 aromatic rings. The van der Waals surface area contributed by atoms with E-state index < -0.39 is 0 Å². The predicted octanol–water partition coefficient (Wildman–Crippen LogP) is 2.11. The molecule has 2 nitrogen and oxygen atoms in total. The molecule has 3 aliphatic rings. The highest BCUT2D eigenvalue weighted by Crippen LogP contribution is 2.41. The van der Waals surface area contributed by atoms with Crippen LogP contribution in [0.5, 0.6) is 0 Å². The molecule has 3 rings (SSSR count). The van der Waals surface area contributed by atoms with Crippen molar-refractivity contribution in [3.63, 3.8) is 0 Å². The molecule has 2 unspecified atom stereocenters. The van der Waals surface area contributed by atoms with Crippen molar-refractivity contribution >= 4 is 0 Å². The van der Waals surface area contributed by atoms with E-state index in [1.807, 2.05) is 0 Å². The zero-order chi connectivity index (χ0) is 11.2. The van der Waals surface area contributed by atoms with Crippen LogP contribution in [0.3, 0.4) is 0 Å². The number of hydrogen-bond donors (Lipinski definition) is 1. The zero-order valence-corrected chi connectivity index (χ0v) is 10.8. The van der Waals surface area contributed by atoms with Crippen molar-refractivity contribution in [3.8, 4) is 0 Å². The predicted molar refractivity (Wildman–Crippen MR) is 67.5 cm³/mol. The Morgan fingerprint density at radius 1 is 1.19 bits per heavy atom. The third-order valence-electron chi connectivity index (χ3n) is 5.47. The number of rotatable bonds is 2. The summed E-state index contributed by atoms with van der Waals surface area (Å²) in [5.74, 6) is 2.83. The quantitative estimate of drug-likeness (QED) is 0.770. The lowest BCUT2D eigenvalue weighted by atomic mass is 9.84. The van der Waals surface area contributed by atoms with Gasteiger partial charge in [0, 0.05) is 25.2 Å². The molecule has 0 radical (unpaired) electrons. The van der Waals surface area contributed by atoms with Crippen LogP contribution in [0, 0.1) is 17.8 Å². The summed E-state index contributed by atoms with van der Waals surface area (Å²) in [6.45, 7) is 10.2. The smallest absolute Gasteiger partial charge is 0.0197 e. The van der Waals surface area contributed by atoms with Gasteiger partial charge in [0.25, 0.3) is 0 Å². The maximum absolute atomic E-state index is 3.57. The molecule has 1 N–H and O–H groups in total. The molecule has 0 spiro atoms. The van der Waals surface area contributed by atoms with Crippen molar-refractivity contribution < 1.29 is 0 Å². The number of nitrogens with zero attached hydrogens (tertiary/aromatic N) is 1. The van der Waals surface area contributed by atoms with E-state index >= 15 is 0 Å². The second-order valence-corrected chi connectivity index (χ2v) is 6.73. The molecule has 0 bridgehead atoms. The van der Waals surface area contributed by atoms with Crippen LogP contribution >= 0.6 is 0 Å². The molecule has 92 valence electrons. The first-order chi connectivity index (χ1) is 7.68. The van der Waals surface area contributed by atoms with Crippen LogP contribution in [0.2, 0.25) is 0 Å². The molecule has 1 aliphatic carbocycles. The minimum Gasteiger partial charge on any atom is -0.316 e. The fourth-order valence-electron chi connectivity index (χ4n) is 4.32. The standard InChI is InChI=1S/C14H26N2/c1-14(2)13-8-15-7-12(13)10-16(14)9-11-5-3-4-6-11/h11-13,15H,3-10H2,1-2H3. The van der Waals surface area contributed by atoms with Crippen LogP contribution in [0.1, 0.15) is 39.5 Å². The van der Waals surface area contributed by atoms with Gasteiger partial charge in [-0.3, -0.25) is 4.90 Å². The van der Waals surface area contributed by atoms with Gasteiger partial charge >= 0.3 is 0 Å². The maximum Gasteiger partial charge on any atom is 0.0197 e. The SMILES string of the molecule is CC1(C)C2CNCC2CN1CC1CCCC1. The Morgan fingerprint density at radius 2 is 1.94 bits per heavy atom. The molecule has 2 saturated heterocycles. The third-order valence-corrected chi connectivity index (χ3v) is 5.47. The summed E-state index contributed by atoms with van der Waals surface area (Å²) in [6, 6.07) is 0. The van der Waals surface area contributed by atoms with E-state index in [1.165, 1.54) is 51.9 Å². The first-order valence-corrected chi connectivity index (χ1v) is 7.13. The van der Waals surface area contributed by atoms with Crippen molar-refractivity contribution in [2.24, 2.45) is 17.8 Å². The first kappa shape index (κ1) is 11.0. The Labute approximate surface area is 99.8 Å². The minimum atomic E-state index is 0.441. The Bertz CT molecular complexity index is 255. The van der Waals surface area contributed by atoms with Gasteiger partial charge in [-0.05, 0) is 51.0 Å². The van der Waals surface area contributed by atoms with E-state index in [-0.39, 0.29) is 0 Å². The van der Waals surface area contributed by atoms with E-state index in [1.54, 1.807) is 0 Å². The van der Waals surface area contributed by atoms with Gasteiger partial charge in [-0.15, -0.1) is 0 Å². The van der Waals surface area contributed by atoms with E-state index in [4.69, 9.17) is 0 Å². The fourth-order valence-corrected chi connectivity index (χ4v) is 4.32. The van der Waals surface area contributed by atoms with Crippen LogP contribution in [0.25, 0.3) is 0 Å².